The Balaban J connectivity index is 2.11. The molecule has 2 aromatic rings. The fourth-order valence-electron chi connectivity index (χ4n) is 1.48. The van der Waals surface area contributed by atoms with Crippen LogP contribution in [0.2, 0.25) is 0 Å². The summed E-state index contributed by atoms with van der Waals surface area (Å²) in [5.74, 6) is 0. The molecule has 3 nitrogen and oxygen atoms in total. The monoisotopic (exact) mass is 202 g/mol. The molecule has 0 saturated carbocycles. The number of hydrogen-bond donors (Lipinski definition) is 1. The van der Waals surface area contributed by atoms with Gasteiger partial charge in [-0.3, -0.25) is 4.68 Å². The zero-order valence-corrected chi connectivity index (χ0v) is 8.67. The summed E-state index contributed by atoms with van der Waals surface area (Å²) in [6.07, 6.45) is 3.30. The van der Waals surface area contributed by atoms with E-state index in [2.05, 4.69) is 5.10 Å². The first-order chi connectivity index (χ1) is 7.25. The standard InChI is InChI=1S/C12H14N2O/c1-10(15)12-5-3-11(4-6-12)9-14-8-2-7-13-14/h2-8,10,15H,9H2,1H3. The molecule has 0 spiro atoms. The Morgan fingerprint density at radius 1 is 1.33 bits per heavy atom. The van der Waals surface area contributed by atoms with Crippen molar-refractivity contribution in [3.8, 4) is 0 Å². The molecule has 0 aliphatic rings. The van der Waals surface area contributed by atoms with E-state index in [1.54, 1.807) is 13.1 Å². The third kappa shape index (κ3) is 2.44. The molecule has 1 aromatic carbocycles. The van der Waals surface area contributed by atoms with Crippen molar-refractivity contribution >= 4 is 0 Å². The number of aromatic nitrogens is 2. The molecule has 1 atom stereocenters. The molecule has 78 valence electrons. The van der Waals surface area contributed by atoms with Crippen LogP contribution < -0.4 is 0 Å². The lowest BCUT2D eigenvalue weighted by Crippen LogP contribution is -2.00. The third-order valence-electron chi connectivity index (χ3n) is 2.37. The van der Waals surface area contributed by atoms with Gasteiger partial charge >= 0.3 is 0 Å². The fourth-order valence-corrected chi connectivity index (χ4v) is 1.48. The van der Waals surface area contributed by atoms with E-state index in [0.717, 1.165) is 12.1 Å². The molecule has 0 saturated heterocycles. The molecule has 1 unspecified atom stereocenters. The van der Waals surface area contributed by atoms with Gasteiger partial charge in [0, 0.05) is 12.4 Å². The van der Waals surface area contributed by atoms with Crippen molar-refractivity contribution in [2.24, 2.45) is 0 Å². The Kier molecular flexibility index (Phi) is 2.83. The minimum absolute atomic E-state index is 0.399. The van der Waals surface area contributed by atoms with Crippen LogP contribution in [-0.2, 0) is 6.54 Å². The quantitative estimate of drug-likeness (QED) is 0.826. The van der Waals surface area contributed by atoms with Crippen LogP contribution in [0, 0.1) is 0 Å². The summed E-state index contributed by atoms with van der Waals surface area (Å²) < 4.78 is 1.87. The summed E-state index contributed by atoms with van der Waals surface area (Å²) in [6.45, 7) is 2.54. The van der Waals surface area contributed by atoms with Crippen molar-refractivity contribution in [1.29, 1.82) is 0 Å². The highest BCUT2D eigenvalue weighted by molar-refractivity contribution is 5.23. The summed E-state index contributed by atoms with van der Waals surface area (Å²) in [7, 11) is 0. The molecule has 0 amide bonds. The number of rotatable bonds is 3. The number of nitrogens with zero attached hydrogens (tertiary/aromatic N) is 2. The minimum atomic E-state index is -0.399. The lowest BCUT2D eigenvalue weighted by molar-refractivity contribution is 0.199. The fraction of sp³-hybridized carbons (Fsp3) is 0.250. The van der Waals surface area contributed by atoms with Crippen LogP contribution in [0.4, 0.5) is 0 Å². The predicted octanol–water partition coefficient (Wildman–Crippen LogP) is 1.98. The highest BCUT2D eigenvalue weighted by Crippen LogP contribution is 2.13. The van der Waals surface area contributed by atoms with Gasteiger partial charge in [-0.05, 0) is 24.1 Å². The second-order valence-corrected chi connectivity index (χ2v) is 3.62. The molecule has 0 aliphatic carbocycles. The molecular formula is C12H14N2O. The van der Waals surface area contributed by atoms with Crippen LogP contribution in [0.3, 0.4) is 0 Å². The Hall–Kier alpha value is -1.61. The summed E-state index contributed by atoms with van der Waals surface area (Å²) in [5, 5.41) is 13.5. The van der Waals surface area contributed by atoms with Crippen LogP contribution in [0.15, 0.2) is 42.7 Å². The number of benzene rings is 1. The van der Waals surface area contributed by atoms with E-state index in [1.165, 1.54) is 5.56 Å². The van der Waals surface area contributed by atoms with Gasteiger partial charge in [0.2, 0.25) is 0 Å². The summed E-state index contributed by atoms with van der Waals surface area (Å²) in [5.41, 5.74) is 2.13. The van der Waals surface area contributed by atoms with Crippen LogP contribution in [0.5, 0.6) is 0 Å². The van der Waals surface area contributed by atoms with Gasteiger partial charge in [0.15, 0.2) is 0 Å². The largest absolute Gasteiger partial charge is 0.389 e. The Labute approximate surface area is 89.0 Å². The van der Waals surface area contributed by atoms with E-state index in [9.17, 15) is 5.11 Å². The van der Waals surface area contributed by atoms with E-state index in [4.69, 9.17) is 0 Å². The van der Waals surface area contributed by atoms with E-state index < -0.39 is 6.10 Å². The highest BCUT2D eigenvalue weighted by atomic mass is 16.3. The number of aliphatic hydroxyl groups is 1. The molecule has 1 aromatic heterocycles. The van der Waals surface area contributed by atoms with E-state index in [-0.39, 0.29) is 0 Å². The molecule has 15 heavy (non-hydrogen) atoms. The van der Waals surface area contributed by atoms with E-state index in [1.807, 2.05) is 41.2 Å². The maximum atomic E-state index is 9.35. The van der Waals surface area contributed by atoms with Crippen molar-refractivity contribution in [1.82, 2.24) is 9.78 Å². The summed E-state index contributed by atoms with van der Waals surface area (Å²) >= 11 is 0. The Bertz CT molecular complexity index is 404. The van der Waals surface area contributed by atoms with Crippen molar-refractivity contribution in [2.75, 3.05) is 0 Å². The van der Waals surface area contributed by atoms with E-state index in [0.29, 0.717) is 0 Å². The van der Waals surface area contributed by atoms with Gasteiger partial charge in [0.05, 0.1) is 12.6 Å². The number of aliphatic hydroxyl groups excluding tert-OH is 1. The van der Waals surface area contributed by atoms with Gasteiger partial charge in [0.1, 0.15) is 0 Å². The summed E-state index contributed by atoms with van der Waals surface area (Å²) in [6, 6.07) is 9.84. The molecule has 0 fully saturated rings. The normalized spacial score (nSPS) is 12.7. The second kappa shape index (κ2) is 4.28. The van der Waals surface area contributed by atoms with Crippen LogP contribution in [0.25, 0.3) is 0 Å². The lowest BCUT2D eigenvalue weighted by Gasteiger charge is -2.06. The van der Waals surface area contributed by atoms with Crippen molar-refractivity contribution in [3.05, 3.63) is 53.9 Å². The van der Waals surface area contributed by atoms with Gasteiger partial charge in [-0.25, -0.2) is 0 Å². The molecule has 0 bridgehead atoms. The smallest absolute Gasteiger partial charge is 0.0761 e. The van der Waals surface area contributed by atoms with Crippen molar-refractivity contribution in [2.45, 2.75) is 19.6 Å². The van der Waals surface area contributed by atoms with Gasteiger partial charge < -0.3 is 5.11 Å². The SMILES string of the molecule is CC(O)c1ccc(Cn2cccn2)cc1. The van der Waals surface area contributed by atoms with Crippen molar-refractivity contribution in [3.63, 3.8) is 0 Å². The van der Waals surface area contributed by atoms with Crippen LogP contribution in [0.1, 0.15) is 24.2 Å². The van der Waals surface area contributed by atoms with Gasteiger partial charge in [-0.2, -0.15) is 5.10 Å². The molecule has 1 heterocycles. The maximum absolute atomic E-state index is 9.35. The molecule has 3 heteroatoms. The molecule has 0 radical (unpaired) electrons. The van der Waals surface area contributed by atoms with Crippen molar-refractivity contribution < 1.29 is 5.11 Å². The van der Waals surface area contributed by atoms with Gasteiger partial charge in [0.25, 0.3) is 0 Å². The average molecular weight is 202 g/mol. The lowest BCUT2D eigenvalue weighted by atomic mass is 10.1. The Morgan fingerprint density at radius 2 is 2.07 bits per heavy atom. The topological polar surface area (TPSA) is 38.0 Å². The zero-order valence-electron chi connectivity index (χ0n) is 8.67. The average Bonchev–Trinajstić information content (AvgIpc) is 2.71. The van der Waals surface area contributed by atoms with Gasteiger partial charge in [-0.15, -0.1) is 0 Å². The Morgan fingerprint density at radius 3 is 2.60 bits per heavy atom. The molecular weight excluding hydrogens is 188 g/mol. The predicted molar refractivity (Wildman–Crippen MR) is 58.4 cm³/mol. The summed E-state index contributed by atoms with van der Waals surface area (Å²) in [4.78, 5) is 0. The number of hydrogen-bond acceptors (Lipinski definition) is 2. The van der Waals surface area contributed by atoms with E-state index >= 15 is 0 Å². The van der Waals surface area contributed by atoms with Crippen LogP contribution >= 0.6 is 0 Å². The third-order valence-corrected chi connectivity index (χ3v) is 2.37. The first-order valence-corrected chi connectivity index (χ1v) is 5.00. The maximum Gasteiger partial charge on any atom is 0.0761 e. The molecule has 2 rings (SSSR count). The van der Waals surface area contributed by atoms with Crippen LogP contribution in [-0.4, -0.2) is 14.9 Å². The zero-order chi connectivity index (χ0) is 10.7. The first-order valence-electron chi connectivity index (χ1n) is 5.00. The minimum Gasteiger partial charge on any atom is -0.389 e. The van der Waals surface area contributed by atoms with Gasteiger partial charge in [-0.1, -0.05) is 24.3 Å². The second-order valence-electron chi connectivity index (χ2n) is 3.62. The molecule has 1 N–H and O–H groups in total. The highest BCUT2D eigenvalue weighted by Gasteiger charge is 2.00. The first kappa shape index (κ1) is 9.93. The molecule has 0 aliphatic heterocycles.